The van der Waals surface area contributed by atoms with E-state index in [1.165, 1.54) is 17.6 Å². The Morgan fingerprint density at radius 3 is 2.58 bits per heavy atom. The quantitative estimate of drug-likeness (QED) is 0.457. The lowest BCUT2D eigenvalue weighted by Crippen LogP contribution is -2.19. The first-order valence-corrected chi connectivity index (χ1v) is 10.1. The zero-order chi connectivity index (χ0) is 19.4. The van der Waals surface area contributed by atoms with Gasteiger partial charge in [-0.2, -0.15) is 0 Å². The van der Waals surface area contributed by atoms with Crippen LogP contribution in [0.4, 0.5) is 0 Å². The Kier molecular flexibility index (Phi) is 10.8. The van der Waals surface area contributed by atoms with Crippen LogP contribution in [0.25, 0.3) is 0 Å². The molecule has 1 N–H and O–H groups in total. The zero-order valence-corrected chi connectivity index (χ0v) is 17.6. The predicted molar refractivity (Wildman–Crippen MR) is 118 cm³/mol. The Bertz CT molecular complexity index is 571. The monoisotopic (exact) mass is 353 g/mol. The average Bonchev–Trinajstić information content (AvgIpc) is 2.60. The second-order valence-corrected chi connectivity index (χ2v) is 8.07. The summed E-state index contributed by atoms with van der Waals surface area (Å²) in [6, 6.07) is 0. The molecule has 0 saturated carbocycles. The summed E-state index contributed by atoms with van der Waals surface area (Å²) in [4.78, 5) is 0. The van der Waals surface area contributed by atoms with E-state index in [0.29, 0.717) is 17.8 Å². The fourth-order valence-electron chi connectivity index (χ4n) is 2.95. The highest BCUT2D eigenvalue weighted by molar-refractivity contribution is 5.19. The van der Waals surface area contributed by atoms with Crippen LogP contribution in [0.2, 0.25) is 0 Å². The minimum atomic E-state index is 0.565. The molecule has 1 aliphatic heterocycles. The van der Waals surface area contributed by atoms with Gasteiger partial charge in [0, 0.05) is 12.2 Å². The largest absolute Gasteiger partial charge is 0.385 e. The molecule has 1 heterocycles. The summed E-state index contributed by atoms with van der Waals surface area (Å²) >= 11 is 0. The maximum Gasteiger partial charge on any atom is 0.0267 e. The first-order chi connectivity index (χ1) is 12.4. The van der Waals surface area contributed by atoms with E-state index in [0.717, 1.165) is 31.5 Å². The molecule has 0 saturated heterocycles. The molecule has 0 spiro atoms. The standard InChI is InChI=1S/C25H39N/c1-20-12-8-7-9-13-22(3)19-26-25(6)15-11-10-14-23(4)24(5)17-16-21(2)18-20/h7-8,10-12,14-16,22-24,26H,6,9,13,17-19H2,1-5H3/b8-7+,14-10+,15-11+,20-12+,21-16+. The zero-order valence-electron chi connectivity index (χ0n) is 17.6. The summed E-state index contributed by atoms with van der Waals surface area (Å²) in [5.41, 5.74) is 3.89. The summed E-state index contributed by atoms with van der Waals surface area (Å²) in [5, 5.41) is 3.43. The van der Waals surface area contributed by atoms with Crippen molar-refractivity contribution in [1.82, 2.24) is 5.32 Å². The maximum atomic E-state index is 4.09. The molecule has 0 amide bonds. The van der Waals surface area contributed by atoms with Gasteiger partial charge in [0.15, 0.2) is 0 Å². The lowest BCUT2D eigenvalue weighted by molar-refractivity contribution is 0.464. The van der Waals surface area contributed by atoms with Crippen molar-refractivity contribution < 1.29 is 0 Å². The van der Waals surface area contributed by atoms with Gasteiger partial charge in [0.05, 0.1) is 0 Å². The van der Waals surface area contributed by atoms with Gasteiger partial charge in [0.1, 0.15) is 0 Å². The van der Waals surface area contributed by atoms with E-state index < -0.39 is 0 Å². The molecule has 0 radical (unpaired) electrons. The van der Waals surface area contributed by atoms with Crippen molar-refractivity contribution in [3.05, 3.63) is 72.0 Å². The normalized spacial score (nSPS) is 35.1. The Morgan fingerprint density at radius 2 is 1.81 bits per heavy atom. The van der Waals surface area contributed by atoms with Gasteiger partial charge in [0.25, 0.3) is 0 Å². The first kappa shape index (κ1) is 22.3. The Hall–Kier alpha value is -1.76. The maximum absolute atomic E-state index is 4.09. The summed E-state index contributed by atoms with van der Waals surface area (Å²) in [6.45, 7) is 16.5. The van der Waals surface area contributed by atoms with Gasteiger partial charge in [0.2, 0.25) is 0 Å². The average molecular weight is 354 g/mol. The van der Waals surface area contributed by atoms with Gasteiger partial charge in [-0.3, -0.25) is 0 Å². The highest BCUT2D eigenvalue weighted by Gasteiger charge is 2.07. The fourth-order valence-corrected chi connectivity index (χ4v) is 2.95. The van der Waals surface area contributed by atoms with Crippen LogP contribution in [-0.2, 0) is 0 Å². The van der Waals surface area contributed by atoms with Crippen molar-refractivity contribution in [2.75, 3.05) is 6.54 Å². The number of nitrogens with one attached hydrogen (secondary N) is 1. The summed E-state index contributed by atoms with van der Waals surface area (Å²) in [5.74, 6) is 1.85. The van der Waals surface area contributed by atoms with Crippen LogP contribution >= 0.6 is 0 Å². The van der Waals surface area contributed by atoms with Gasteiger partial charge >= 0.3 is 0 Å². The van der Waals surface area contributed by atoms with Crippen molar-refractivity contribution in [2.45, 2.75) is 60.3 Å². The minimum absolute atomic E-state index is 0.565. The summed E-state index contributed by atoms with van der Waals surface area (Å²) in [6.07, 6.45) is 22.3. The van der Waals surface area contributed by atoms with Crippen LogP contribution in [0.1, 0.15) is 60.3 Å². The summed E-state index contributed by atoms with van der Waals surface area (Å²) < 4.78 is 0. The van der Waals surface area contributed by atoms with Crippen molar-refractivity contribution in [3.63, 3.8) is 0 Å². The molecule has 0 aromatic carbocycles. The lowest BCUT2D eigenvalue weighted by Gasteiger charge is -2.15. The van der Waals surface area contributed by atoms with E-state index >= 15 is 0 Å². The van der Waals surface area contributed by atoms with E-state index in [4.69, 9.17) is 0 Å². The van der Waals surface area contributed by atoms with E-state index in [1.807, 2.05) is 0 Å². The van der Waals surface area contributed by atoms with Gasteiger partial charge in [-0.25, -0.2) is 0 Å². The smallest absolute Gasteiger partial charge is 0.0267 e. The van der Waals surface area contributed by atoms with Crippen LogP contribution in [-0.4, -0.2) is 6.54 Å². The second kappa shape index (κ2) is 12.6. The van der Waals surface area contributed by atoms with Crippen LogP contribution in [0, 0.1) is 17.8 Å². The molecule has 0 bridgehead atoms. The van der Waals surface area contributed by atoms with Crippen LogP contribution in [0.3, 0.4) is 0 Å². The van der Waals surface area contributed by atoms with Crippen molar-refractivity contribution in [2.24, 2.45) is 17.8 Å². The van der Waals surface area contributed by atoms with Crippen molar-refractivity contribution in [1.29, 1.82) is 0 Å². The van der Waals surface area contributed by atoms with E-state index in [9.17, 15) is 0 Å². The topological polar surface area (TPSA) is 12.0 Å². The molecule has 0 aromatic heterocycles. The summed E-state index contributed by atoms with van der Waals surface area (Å²) in [7, 11) is 0. The van der Waals surface area contributed by atoms with Crippen molar-refractivity contribution in [3.8, 4) is 0 Å². The molecule has 3 atom stereocenters. The molecule has 26 heavy (non-hydrogen) atoms. The van der Waals surface area contributed by atoms with Gasteiger partial charge < -0.3 is 5.32 Å². The lowest BCUT2D eigenvalue weighted by atomic mass is 9.91. The van der Waals surface area contributed by atoms with Gasteiger partial charge in [-0.1, -0.05) is 81.0 Å². The Balaban J connectivity index is 2.80. The molecular formula is C25H39N. The van der Waals surface area contributed by atoms with E-state index in [2.05, 4.69) is 95.1 Å². The van der Waals surface area contributed by atoms with Gasteiger partial charge in [-0.05, 0) is 63.4 Å². The molecule has 0 fully saturated rings. The number of rotatable bonds is 0. The van der Waals surface area contributed by atoms with Crippen LogP contribution < -0.4 is 5.32 Å². The molecular weight excluding hydrogens is 314 g/mol. The fraction of sp³-hybridized carbons (Fsp3) is 0.520. The molecule has 1 rings (SSSR count). The highest BCUT2D eigenvalue weighted by atomic mass is 14.9. The SMILES string of the molecule is C=C1/C=C/C=C/C(C)C(C)C/C=C(\C)C/C(C)=C/C=C/CCC(C)CN1. The highest BCUT2D eigenvalue weighted by Crippen LogP contribution is 2.20. The molecule has 1 heteroatoms. The van der Waals surface area contributed by atoms with Crippen molar-refractivity contribution >= 4 is 0 Å². The molecule has 1 aliphatic rings. The molecule has 144 valence electrons. The van der Waals surface area contributed by atoms with Crippen LogP contribution in [0.15, 0.2) is 72.0 Å². The number of hydrogen-bond acceptors (Lipinski definition) is 1. The minimum Gasteiger partial charge on any atom is -0.385 e. The Morgan fingerprint density at radius 1 is 1.04 bits per heavy atom. The first-order valence-electron chi connectivity index (χ1n) is 10.1. The molecule has 1 nitrogen and oxygen atoms in total. The predicted octanol–water partition coefficient (Wildman–Crippen LogP) is 7.13. The second-order valence-electron chi connectivity index (χ2n) is 8.07. The van der Waals surface area contributed by atoms with Crippen LogP contribution in [0.5, 0.6) is 0 Å². The Labute approximate surface area is 162 Å². The number of hydrogen-bond donors (Lipinski definition) is 1. The third-order valence-corrected chi connectivity index (χ3v) is 5.14. The van der Waals surface area contributed by atoms with E-state index in [-0.39, 0.29) is 0 Å². The third kappa shape index (κ3) is 10.3. The molecule has 0 aliphatic carbocycles. The van der Waals surface area contributed by atoms with Gasteiger partial charge in [-0.15, -0.1) is 0 Å². The molecule has 3 unspecified atom stereocenters. The van der Waals surface area contributed by atoms with E-state index in [1.54, 1.807) is 0 Å². The number of allylic oxidation sites excluding steroid dienone is 10. The third-order valence-electron chi connectivity index (χ3n) is 5.14. The molecule has 0 aromatic rings.